The lowest BCUT2D eigenvalue weighted by Gasteiger charge is -2.30. The van der Waals surface area contributed by atoms with Gasteiger partial charge in [-0.1, -0.05) is 12.1 Å². The second-order valence-electron chi connectivity index (χ2n) is 8.03. The van der Waals surface area contributed by atoms with Gasteiger partial charge >= 0.3 is 6.09 Å². The van der Waals surface area contributed by atoms with Crippen LogP contribution in [0.2, 0.25) is 0 Å². The highest BCUT2D eigenvalue weighted by Gasteiger charge is 2.31. The molecule has 1 aromatic carbocycles. The summed E-state index contributed by atoms with van der Waals surface area (Å²) in [5.41, 5.74) is 2.78. The molecule has 0 unspecified atom stereocenters. The number of carbonyl (C=O) groups is 2. The lowest BCUT2D eigenvalue weighted by Crippen LogP contribution is -2.39. The zero-order chi connectivity index (χ0) is 20.8. The molecule has 3 heterocycles. The van der Waals surface area contributed by atoms with E-state index in [2.05, 4.69) is 10.3 Å². The van der Waals surface area contributed by atoms with Crippen molar-refractivity contribution in [1.82, 2.24) is 9.88 Å². The van der Waals surface area contributed by atoms with Crippen LogP contribution in [0.5, 0.6) is 0 Å². The molecule has 2 aromatic heterocycles. The lowest BCUT2D eigenvalue weighted by atomic mass is 10.0. The third-order valence-corrected chi connectivity index (χ3v) is 5.64. The van der Waals surface area contributed by atoms with Crippen LogP contribution < -0.4 is 5.32 Å². The number of nitrogens with zero attached hydrogens (tertiary/aromatic N) is 2. The van der Waals surface area contributed by atoms with Crippen molar-refractivity contribution in [3.05, 3.63) is 34.7 Å². The predicted octanol–water partition coefficient (Wildman–Crippen LogP) is 4.81. The molecular weight excluding hydrogens is 390 g/mol. The number of thiophene rings is 1. The first-order valence-corrected chi connectivity index (χ1v) is 10.3. The third kappa shape index (κ3) is 3.98. The Morgan fingerprint density at radius 3 is 2.72 bits per heavy atom. The van der Waals surface area contributed by atoms with E-state index in [1.807, 2.05) is 45.0 Å². The quantitative estimate of drug-likeness (QED) is 0.652. The van der Waals surface area contributed by atoms with E-state index in [9.17, 15) is 9.59 Å². The first-order valence-electron chi connectivity index (χ1n) is 9.47. The first kappa shape index (κ1) is 19.4. The van der Waals surface area contributed by atoms with Crippen molar-refractivity contribution in [2.24, 2.45) is 0 Å². The predicted molar refractivity (Wildman–Crippen MR) is 112 cm³/mol. The Balaban J connectivity index is 1.72. The summed E-state index contributed by atoms with van der Waals surface area (Å²) in [6.45, 7) is 8.00. The summed E-state index contributed by atoms with van der Waals surface area (Å²) in [4.78, 5) is 31.6. The molecule has 0 atom stereocenters. The fourth-order valence-corrected chi connectivity index (χ4v) is 4.64. The summed E-state index contributed by atoms with van der Waals surface area (Å²) in [5.74, 6) is 0.322. The van der Waals surface area contributed by atoms with Crippen LogP contribution in [-0.4, -0.2) is 34.0 Å². The van der Waals surface area contributed by atoms with Crippen molar-refractivity contribution >= 4 is 39.4 Å². The summed E-state index contributed by atoms with van der Waals surface area (Å²) in [5, 5.41) is 3.60. The Morgan fingerprint density at radius 1 is 1.28 bits per heavy atom. The highest BCUT2D eigenvalue weighted by atomic mass is 32.1. The Kier molecular flexibility index (Phi) is 4.82. The number of fused-ring (bicyclic) bond motifs is 2. The summed E-state index contributed by atoms with van der Waals surface area (Å²) in [6, 6.07) is 7.56. The van der Waals surface area contributed by atoms with Gasteiger partial charge in [0.05, 0.1) is 12.1 Å². The number of ether oxygens (including phenoxy) is 1. The SMILES string of the molecule is CC(=O)Nc1sc2c(c1-c1nc3ccccc3o1)CCN(C(=O)OC(C)(C)C)C2. The van der Waals surface area contributed by atoms with Crippen LogP contribution >= 0.6 is 11.3 Å². The molecule has 2 amide bonds. The van der Waals surface area contributed by atoms with E-state index in [1.54, 1.807) is 4.90 Å². The van der Waals surface area contributed by atoms with Crippen LogP contribution in [0.25, 0.3) is 22.6 Å². The first-order chi connectivity index (χ1) is 13.7. The number of nitrogens with one attached hydrogen (secondary N) is 1. The van der Waals surface area contributed by atoms with E-state index in [-0.39, 0.29) is 12.0 Å². The van der Waals surface area contributed by atoms with Crippen molar-refractivity contribution in [2.45, 2.75) is 46.3 Å². The number of hydrogen-bond acceptors (Lipinski definition) is 6. The monoisotopic (exact) mass is 413 g/mol. The minimum atomic E-state index is -0.544. The molecule has 0 bridgehead atoms. The van der Waals surface area contributed by atoms with Crippen molar-refractivity contribution in [3.63, 3.8) is 0 Å². The van der Waals surface area contributed by atoms with Gasteiger partial charge in [0.1, 0.15) is 16.1 Å². The number of para-hydroxylation sites is 2. The second-order valence-corrected chi connectivity index (χ2v) is 9.13. The van der Waals surface area contributed by atoms with Gasteiger partial charge in [0.25, 0.3) is 0 Å². The van der Waals surface area contributed by atoms with Gasteiger partial charge < -0.3 is 19.4 Å². The summed E-state index contributed by atoms with van der Waals surface area (Å²) in [7, 11) is 0. The van der Waals surface area contributed by atoms with E-state index in [0.717, 1.165) is 21.5 Å². The van der Waals surface area contributed by atoms with Gasteiger partial charge in [-0.05, 0) is 44.9 Å². The Hall–Kier alpha value is -2.87. The zero-order valence-electron chi connectivity index (χ0n) is 16.9. The van der Waals surface area contributed by atoms with E-state index < -0.39 is 5.60 Å². The van der Waals surface area contributed by atoms with Gasteiger partial charge in [-0.15, -0.1) is 11.3 Å². The van der Waals surface area contributed by atoms with Gasteiger partial charge in [0, 0.05) is 18.3 Å². The molecule has 0 saturated carbocycles. The molecular formula is C21H23N3O4S. The fraction of sp³-hybridized carbons (Fsp3) is 0.381. The van der Waals surface area contributed by atoms with Crippen LogP contribution in [-0.2, 0) is 22.5 Å². The highest BCUT2D eigenvalue weighted by Crippen LogP contribution is 2.44. The molecule has 3 aromatic rings. The van der Waals surface area contributed by atoms with Crippen LogP contribution in [0.3, 0.4) is 0 Å². The smallest absolute Gasteiger partial charge is 0.410 e. The molecule has 8 heteroatoms. The number of aromatic nitrogens is 1. The number of anilines is 1. The molecule has 0 saturated heterocycles. The second kappa shape index (κ2) is 7.18. The van der Waals surface area contributed by atoms with E-state index >= 15 is 0 Å². The van der Waals surface area contributed by atoms with Gasteiger partial charge in [-0.25, -0.2) is 9.78 Å². The van der Waals surface area contributed by atoms with Crippen molar-refractivity contribution < 1.29 is 18.7 Å². The number of rotatable bonds is 2. The average Bonchev–Trinajstić information content (AvgIpc) is 3.18. The molecule has 4 rings (SSSR count). The molecule has 0 radical (unpaired) electrons. The number of amides is 2. The van der Waals surface area contributed by atoms with Crippen molar-refractivity contribution in [2.75, 3.05) is 11.9 Å². The maximum Gasteiger partial charge on any atom is 0.410 e. The molecule has 1 aliphatic heterocycles. The molecule has 152 valence electrons. The largest absolute Gasteiger partial charge is 0.444 e. The summed E-state index contributed by atoms with van der Waals surface area (Å²) in [6.07, 6.45) is 0.305. The van der Waals surface area contributed by atoms with Crippen LogP contribution in [0, 0.1) is 0 Å². The van der Waals surface area contributed by atoms with E-state index in [1.165, 1.54) is 18.3 Å². The van der Waals surface area contributed by atoms with Gasteiger partial charge in [-0.3, -0.25) is 4.79 Å². The normalized spacial score (nSPS) is 14.0. The van der Waals surface area contributed by atoms with Crippen LogP contribution in [0.1, 0.15) is 38.1 Å². The van der Waals surface area contributed by atoms with E-state index in [4.69, 9.17) is 9.15 Å². The van der Waals surface area contributed by atoms with Gasteiger partial charge in [0.2, 0.25) is 11.8 Å². The number of carbonyl (C=O) groups excluding carboxylic acids is 2. The molecule has 1 N–H and O–H groups in total. The molecule has 0 spiro atoms. The zero-order valence-corrected chi connectivity index (χ0v) is 17.7. The van der Waals surface area contributed by atoms with Crippen LogP contribution in [0.4, 0.5) is 9.80 Å². The topological polar surface area (TPSA) is 84.7 Å². The maximum absolute atomic E-state index is 12.5. The summed E-state index contributed by atoms with van der Waals surface area (Å²) < 4.78 is 11.5. The summed E-state index contributed by atoms with van der Waals surface area (Å²) >= 11 is 1.45. The number of benzene rings is 1. The van der Waals surface area contributed by atoms with Gasteiger partial charge in [0.15, 0.2) is 5.58 Å². The minimum Gasteiger partial charge on any atom is -0.444 e. The third-order valence-electron chi connectivity index (χ3n) is 4.51. The fourth-order valence-electron chi connectivity index (χ4n) is 3.34. The van der Waals surface area contributed by atoms with Crippen molar-refractivity contribution in [3.8, 4) is 11.5 Å². The Labute approximate surface area is 172 Å². The molecule has 7 nitrogen and oxygen atoms in total. The standard InChI is InChI=1S/C21H23N3O4S/c1-12(25)22-19-17(18-23-14-7-5-6-8-15(14)27-18)13-9-10-24(11-16(13)29-19)20(26)28-21(2,3)4/h5-8H,9-11H2,1-4H3,(H,22,25). The highest BCUT2D eigenvalue weighted by molar-refractivity contribution is 7.17. The maximum atomic E-state index is 12.5. The molecule has 0 fully saturated rings. The van der Waals surface area contributed by atoms with Crippen LogP contribution in [0.15, 0.2) is 28.7 Å². The van der Waals surface area contributed by atoms with E-state index in [0.29, 0.717) is 36.0 Å². The number of hydrogen-bond donors (Lipinski definition) is 1. The Bertz CT molecular complexity index is 1060. The molecule has 29 heavy (non-hydrogen) atoms. The molecule has 0 aliphatic carbocycles. The Morgan fingerprint density at radius 2 is 2.03 bits per heavy atom. The molecule has 1 aliphatic rings. The average molecular weight is 413 g/mol. The lowest BCUT2D eigenvalue weighted by molar-refractivity contribution is -0.114. The minimum absolute atomic E-state index is 0.162. The van der Waals surface area contributed by atoms with Crippen molar-refractivity contribution in [1.29, 1.82) is 0 Å². The van der Waals surface area contributed by atoms with Gasteiger partial charge in [-0.2, -0.15) is 0 Å². The number of oxazole rings is 1.